The molecule has 4 heteroatoms. The van der Waals surface area contributed by atoms with Gasteiger partial charge in [-0.1, -0.05) is 48.5 Å². The summed E-state index contributed by atoms with van der Waals surface area (Å²) in [5.41, 5.74) is 9.46. The summed E-state index contributed by atoms with van der Waals surface area (Å²) in [6.07, 6.45) is 0. The van der Waals surface area contributed by atoms with E-state index in [0.29, 0.717) is 15.1 Å². The smallest absolute Gasteiger partial charge is 0.145 e. The quantitative estimate of drug-likeness (QED) is 0.681. The van der Waals surface area contributed by atoms with Crippen molar-refractivity contribution in [3.63, 3.8) is 0 Å². The summed E-state index contributed by atoms with van der Waals surface area (Å²) in [6, 6.07) is 17.5. The Hall–Kier alpha value is -1.25. The number of H-pyrrole nitrogens is 1. The standard InChI is InChI=1S/C18H16N2Si.Zr/c1-11-12(2)20-18(19-11)21-17-15-9-5-3-7-13(15)14-8-4-6-10-16(14)17;/h3-10,17H,1-2H3,(H,19,20);. The Morgan fingerprint density at radius 1 is 0.909 bits per heavy atom. The van der Waals surface area contributed by atoms with E-state index in [-0.39, 0.29) is 26.2 Å². The predicted octanol–water partition coefficient (Wildman–Crippen LogP) is 3.12. The first-order valence-corrected chi connectivity index (χ1v) is 8.30. The van der Waals surface area contributed by atoms with Crippen LogP contribution in [0.5, 0.6) is 0 Å². The topological polar surface area (TPSA) is 28.7 Å². The average Bonchev–Trinajstić information content (AvgIpc) is 2.99. The van der Waals surface area contributed by atoms with E-state index >= 15 is 0 Å². The number of nitrogens with one attached hydrogen (secondary N) is 1. The first-order chi connectivity index (χ1) is 10.2. The molecule has 0 atom stereocenters. The van der Waals surface area contributed by atoms with E-state index in [0.717, 1.165) is 11.1 Å². The van der Waals surface area contributed by atoms with Gasteiger partial charge in [-0.25, -0.2) is 4.98 Å². The summed E-state index contributed by atoms with van der Waals surface area (Å²) in [7, 11) is 0.643. The fourth-order valence-corrected chi connectivity index (χ4v) is 4.64. The van der Waals surface area contributed by atoms with Gasteiger partial charge < -0.3 is 4.98 Å². The van der Waals surface area contributed by atoms with Crippen LogP contribution in [0.15, 0.2) is 48.5 Å². The van der Waals surface area contributed by atoms with Gasteiger partial charge in [0.25, 0.3) is 0 Å². The van der Waals surface area contributed by atoms with E-state index in [9.17, 15) is 0 Å². The molecule has 1 N–H and O–H groups in total. The molecular formula is C18H16N2SiZr. The van der Waals surface area contributed by atoms with Gasteiger partial charge in [-0.2, -0.15) is 0 Å². The van der Waals surface area contributed by atoms with Gasteiger partial charge in [0.2, 0.25) is 0 Å². The van der Waals surface area contributed by atoms with E-state index < -0.39 is 0 Å². The number of aromatic nitrogens is 2. The Kier molecular flexibility index (Phi) is 4.33. The van der Waals surface area contributed by atoms with Crippen LogP contribution in [0.2, 0.25) is 0 Å². The van der Waals surface area contributed by atoms with E-state index in [1.165, 1.54) is 27.9 Å². The van der Waals surface area contributed by atoms with Gasteiger partial charge in [-0.15, -0.1) is 0 Å². The zero-order valence-corrected chi connectivity index (χ0v) is 16.1. The van der Waals surface area contributed by atoms with Gasteiger partial charge >= 0.3 is 0 Å². The first-order valence-electron chi connectivity index (χ1n) is 7.22. The van der Waals surface area contributed by atoms with E-state index in [2.05, 4.69) is 72.3 Å². The van der Waals surface area contributed by atoms with E-state index in [1.54, 1.807) is 0 Å². The summed E-state index contributed by atoms with van der Waals surface area (Å²) >= 11 is 0. The number of rotatable bonds is 2. The molecule has 4 rings (SSSR count). The molecule has 0 spiro atoms. The van der Waals surface area contributed by atoms with Crippen molar-refractivity contribution >= 4 is 15.0 Å². The van der Waals surface area contributed by atoms with Crippen LogP contribution in [0.3, 0.4) is 0 Å². The molecular weight excluding hydrogens is 364 g/mol. The van der Waals surface area contributed by atoms with Gasteiger partial charge in [0.1, 0.15) is 9.52 Å². The zero-order chi connectivity index (χ0) is 14.4. The van der Waals surface area contributed by atoms with Gasteiger partial charge in [-0.3, -0.25) is 0 Å². The molecule has 1 aromatic heterocycles. The van der Waals surface area contributed by atoms with Crippen molar-refractivity contribution in [1.82, 2.24) is 9.97 Å². The fraction of sp³-hybridized carbons (Fsp3) is 0.167. The van der Waals surface area contributed by atoms with Gasteiger partial charge in [0, 0.05) is 37.4 Å². The summed E-state index contributed by atoms with van der Waals surface area (Å²) in [4.78, 5) is 8.11. The monoisotopic (exact) mass is 378 g/mol. The van der Waals surface area contributed by atoms with E-state index in [1.807, 2.05) is 0 Å². The molecule has 0 aliphatic heterocycles. The summed E-state index contributed by atoms with van der Waals surface area (Å²) in [6.45, 7) is 4.16. The number of aromatic amines is 1. The minimum absolute atomic E-state index is 0. The third-order valence-electron chi connectivity index (χ3n) is 4.24. The molecule has 1 aliphatic rings. The number of hydrogen-bond donors (Lipinski definition) is 1. The number of imidazole rings is 1. The molecule has 0 bridgehead atoms. The largest absolute Gasteiger partial charge is 0.350 e. The molecule has 2 aromatic carbocycles. The molecule has 3 aromatic rings. The fourth-order valence-electron chi connectivity index (χ4n) is 3.06. The minimum atomic E-state index is 0. The van der Waals surface area contributed by atoms with Gasteiger partial charge in [0.15, 0.2) is 0 Å². The summed E-state index contributed by atoms with van der Waals surface area (Å²) < 4.78 is 0. The van der Waals surface area contributed by atoms with Crippen LogP contribution in [-0.4, -0.2) is 19.5 Å². The van der Waals surface area contributed by atoms with Gasteiger partial charge in [-0.05, 0) is 36.1 Å². The van der Waals surface area contributed by atoms with Crippen LogP contribution in [-0.2, 0) is 26.2 Å². The second-order valence-corrected chi connectivity index (χ2v) is 6.89. The Bertz CT molecular complexity index is 760. The van der Waals surface area contributed by atoms with Crippen molar-refractivity contribution in [2.75, 3.05) is 0 Å². The predicted molar refractivity (Wildman–Crippen MR) is 87.2 cm³/mol. The van der Waals surface area contributed by atoms with Crippen LogP contribution in [0, 0.1) is 13.8 Å². The summed E-state index contributed by atoms with van der Waals surface area (Å²) in [5.74, 6) is 0. The van der Waals surface area contributed by atoms with Crippen molar-refractivity contribution in [2.24, 2.45) is 0 Å². The van der Waals surface area contributed by atoms with Crippen molar-refractivity contribution in [3.8, 4) is 11.1 Å². The molecule has 2 radical (unpaired) electrons. The molecule has 0 saturated heterocycles. The van der Waals surface area contributed by atoms with Crippen LogP contribution in [0.4, 0.5) is 0 Å². The van der Waals surface area contributed by atoms with Crippen molar-refractivity contribution in [3.05, 3.63) is 71.0 Å². The molecule has 0 amide bonds. The molecule has 106 valence electrons. The molecule has 0 fully saturated rings. The van der Waals surface area contributed by atoms with Crippen LogP contribution < -0.4 is 5.45 Å². The number of fused-ring (bicyclic) bond motifs is 3. The Labute approximate surface area is 152 Å². The number of hydrogen-bond acceptors (Lipinski definition) is 1. The van der Waals surface area contributed by atoms with Crippen LogP contribution in [0.25, 0.3) is 11.1 Å². The maximum Gasteiger partial charge on any atom is 0.145 e. The molecule has 0 saturated carbocycles. The Balaban J connectivity index is 0.00000144. The van der Waals surface area contributed by atoms with Crippen LogP contribution in [0.1, 0.15) is 28.1 Å². The van der Waals surface area contributed by atoms with Crippen LogP contribution >= 0.6 is 0 Å². The third-order valence-corrected chi connectivity index (χ3v) is 5.66. The van der Waals surface area contributed by atoms with Crippen molar-refractivity contribution in [2.45, 2.75) is 19.4 Å². The number of benzene rings is 2. The summed E-state index contributed by atoms with van der Waals surface area (Å²) in [5, 5.41) is 0. The normalized spacial score (nSPS) is 12.6. The average molecular weight is 380 g/mol. The number of aryl methyl sites for hydroxylation is 2. The molecule has 22 heavy (non-hydrogen) atoms. The molecule has 1 aliphatic carbocycles. The van der Waals surface area contributed by atoms with Gasteiger partial charge in [0.05, 0.1) is 11.1 Å². The second-order valence-electron chi connectivity index (χ2n) is 5.55. The SMILES string of the molecule is Cc1nc([Si]C2c3ccccc3-c3ccccc32)[nH]c1C.[Zr]. The minimum Gasteiger partial charge on any atom is -0.350 e. The second kappa shape index (κ2) is 6.10. The third kappa shape index (κ3) is 2.49. The molecule has 1 heterocycles. The van der Waals surface area contributed by atoms with E-state index in [4.69, 9.17) is 0 Å². The number of nitrogens with zero attached hydrogens (tertiary/aromatic N) is 1. The molecule has 0 unspecified atom stereocenters. The Morgan fingerprint density at radius 3 is 1.95 bits per heavy atom. The van der Waals surface area contributed by atoms with Crippen molar-refractivity contribution in [1.29, 1.82) is 0 Å². The molecule has 2 nitrogen and oxygen atoms in total. The maximum absolute atomic E-state index is 4.68. The first kappa shape index (κ1) is 15.6. The van der Waals surface area contributed by atoms with Crippen molar-refractivity contribution < 1.29 is 26.2 Å². The maximum atomic E-state index is 4.68. The Morgan fingerprint density at radius 2 is 1.45 bits per heavy atom. The zero-order valence-electron chi connectivity index (χ0n) is 12.6.